The predicted molar refractivity (Wildman–Crippen MR) is 91.5 cm³/mol. The normalized spacial score (nSPS) is 19.9. The third-order valence-electron chi connectivity index (χ3n) is 3.82. The molecule has 0 radical (unpaired) electrons. The number of carbonyl (C=O) groups excluding carboxylic acids is 1. The summed E-state index contributed by atoms with van der Waals surface area (Å²) in [4.78, 5) is 12.5. The summed E-state index contributed by atoms with van der Waals surface area (Å²) >= 11 is 0. The summed E-state index contributed by atoms with van der Waals surface area (Å²) in [6, 6.07) is 13.2. The van der Waals surface area contributed by atoms with Crippen LogP contribution in [-0.4, -0.2) is 18.1 Å². The van der Waals surface area contributed by atoms with Crippen LogP contribution < -0.4 is 27.0 Å². The molecule has 2 aromatic carbocycles. The van der Waals surface area contributed by atoms with E-state index in [0.717, 1.165) is 17.7 Å². The Kier molecular flexibility index (Phi) is 5.05. The Balaban J connectivity index is 1.67. The molecule has 1 heterocycles. The van der Waals surface area contributed by atoms with Crippen molar-refractivity contribution < 1.29 is 9.18 Å². The molecule has 2 aromatic rings. The van der Waals surface area contributed by atoms with Gasteiger partial charge in [-0.05, 0) is 42.3 Å². The van der Waals surface area contributed by atoms with Gasteiger partial charge < -0.3 is 10.6 Å². The molecular formula is C17H20FN5O. The van der Waals surface area contributed by atoms with Crippen molar-refractivity contribution in [2.75, 3.05) is 10.6 Å². The molecule has 0 spiro atoms. The second kappa shape index (κ2) is 7.39. The van der Waals surface area contributed by atoms with Gasteiger partial charge in [-0.3, -0.25) is 4.79 Å². The quantitative estimate of drug-likeness (QED) is 0.578. The van der Waals surface area contributed by atoms with E-state index in [-0.39, 0.29) is 11.7 Å². The monoisotopic (exact) mass is 329 g/mol. The first-order chi connectivity index (χ1) is 11.7. The van der Waals surface area contributed by atoms with Crippen molar-refractivity contribution in [2.45, 2.75) is 25.6 Å². The van der Waals surface area contributed by atoms with Gasteiger partial charge in [0, 0.05) is 11.4 Å². The van der Waals surface area contributed by atoms with Crippen LogP contribution in [0.1, 0.15) is 12.5 Å². The maximum absolute atomic E-state index is 13.3. The number of hydrazine groups is 2. The summed E-state index contributed by atoms with van der Waals surface area (Å²) in [5.41, 5.74) is 11.0. The van der Waals surface area contributed by atoms with Crippen LogP contribution in [0.25, 0.3) is 0 Å². The van der Waals surface area contributed by atoms with Gasteiger partial charge in [-0.15, -0.1) is 0 Å². The van der Waals surface area contributed by atoms with Crippen LogP contribution in [0.15, 0.2) is 48.5 Å². The molecule has 5 N–H and O–H groups in total. The SMILES string of the molecule is CCc1cccc(NC(=O)C2NNNC2Nc2cccc(F)c2)c1. The van der Waals surface area contributed by atoms with Gasteiger partial charge in [-0.2, -0.15) is 5.53 Å². The van der Waals surface area contributed by atoms with Crippen molar-refractivity contribution in [2.24, 2.45) is 0 Å². The Labute approximate surface area is 139 Å². The molecule has 6 nitrogen and oxygen atoms in total. The van der Waals surface area contributed by atoms with Gasteiger partial charge in [0.25, 0.3) is 0 Å². The number of aryl methyl sites for hydroxylation is 1. The maximum Gasteiger partial charge on any atom is 0.246 e. The van der Waals surface area contributed by atoms with Crippen LogP contribution in [0.5, 0.6) is 0 Å². The van der Waals surface area contributed by atoms with E-state index >= 15 is 0 Å². The van der Waals surface area contributed by atoms with E-state index < -0.39 is 12.2 Å². The highest BCUT2D eigenvalue weighted by Crippen LogP contribution is 2.14. The summed E-state index contributed by atoms with van der Waals surface area (Å²) in [6.07, 6.45) is 0.472. The molecule has 2 unspecified atom stereocenters. The third kappa shape index (κ3) is 3.88. The highest BCUT2D eigenvalue weighted by Gasteiger charge is 2.32. The first-order valence-corrected chi connectivity index (χ1v) is 7.83. The summed E-state index contributed by atoms with van der Waals surface area (Å²) in [7, 11) is 0. The van der Waals surface area contributed by atoms with Crippen molar-refractivity contribution in [3.05, 3.63) is 59.9 Å². The predicted octanol–water partition coefficient (Wildman–Crippen LogP) is 1.75. The molecular weight excluding hydrogens is 309 g/mol. The first kappa shape index (κ1) is 16.4. The minimum atomic E-state index is -0.571. The van der Waals surface area contributed by atoms with Crippen molar-refractivity contribution in [3.63, 3.8) is 0 Å². The second-order valence-electron chi connectivity index (χ2n) is 5.57. The van der Waals surface area contributed by atoms with E-state index in [0.29, 0.717) is 5.69 Å². The van der Waals surface area contributed by atoms with E-state index in [1.165, 1.54) is 12.1 Å². The molecule has 1 aliphatic heterocycles. The molecule has 0 bridgehead atoms. The van der Waals surface area contributed by atoms with Crippen molar-refractivity contribution >= 4 is 17.3 Å². The number of carbonyl (C=O) groups is 1. The molecule has 2 atom stereocenters. The summed E-state index contributed by atoms with van der Waals surface area (Å²) < 4.78 is 13.3. The fourth-order valence-corrected chi connectivity index (χ4v) is 2.55. The van der Waals surface area contributed by atoms with Gasteiger partial charge in [0.1, 0.15) is 18.0 Å². The molecule has 126 valence electrons. The fraction of sp³-hybridized carbons (Fsp3) is 0.235. The Hall–Kier alpha value is -2.48. The van der Waals surface area contributed by atoms with Crippen LogP contribution in [0.3, 0.4) is 0 Å². The number of benzene rings is 2. The van der Waals surface area contributed by atoms with Gasteiger partial charge in [-0.25, -0.2) is 15.2 Å². The van der Waals surface area contributed by atoms with Crippen LogP contribution in [0.4, 0.5) is 15.8 Å². The van der Waals surface area contributed by atoms with E-state index in [9.17, 15) is 9.18 Å². The number of hydrogen-bond acceptors (Lipinski definition) is 5. The van der Waals surface area contributed by atoms with Crippen molar-refractivity contribution in [1.29, 1.82) is 0 Å². The topological polar surface area (TPSA) is 77.2 Å². The molecule has 1 aliphatic rings. The highest BCUT2D eigenvalue weighted by atomic mass is 19.1. The zero-order valence-corrected chi connectivity index (χ0v) is 13.3. The average molecular weight is 329 g/mol. The van der Waals surface area contributed by atoms with Crippen molar-refractivity contribution in [3.8, 4) is 0 Å². The molecule has 0 aromatic heterocycles. The summed E-state index contributed by atoms with van der Waals surface area (Å²) in [6.45, 7) is 2.06. The number of rotatable bonds is 5. The Morgan fingerprint density at radius 1 is 1.12 bits per heavy atom. The maximum atomic E-state index is 13.3. The van der Waals surface area contributed by atoms with Crippen LogP contribution in [-0.2, 0) is 11.2 Å². The fourth-order valence-electron chi connectivity index (χ4n) is 2.55. The minimum Gasteiger partial charge on any atom is -0.367 e. The number of hydrogen-bond donors (Lipinski definition) is 5. The first-order valence-electron chi connectivity index (χ1n) is 7.83. The largest absolute Gasteiger partial charge is 0.367 e. The average Bonchev–Trinajstić information content (AvgIpc) is 3.03. The number of nitrogens with one attached hydrogen (secondary N) is 5. The van der Waals surface area contributed by atoms with E-state index in [1.807, 2.05) is 24.3 Å². The van der Waals surface area contributed by atoms with Crippen LogP contribution in [0, 0.1) is 5.82 Å². The molecule has 0 aliphatic carbocycles. The lowest BCUT2D eigenvalue weighted by Gasteiger charge is -2.20. The second-order valence-corrected chi connectivity index (χ2v) is 5.57. The zero-order valence-electron chi connectivity index (χ0n) is 13.3. The Morgan fingerprint density at radius 3 is 2.71 bits per heavy atom. The highest BCUT2D eigenvalue weighted by molar-refractivity contribution is 5.95. The molecule has 1 fully saturated rings. The number of anilines is 2. The van der Waals surface area contributed by atoms with E-state index in [2.05, 4.69) is 33.9 Å². The lowest BCUT2D eigenvalue weighted by Crippen LogP contribution is -2.47. The molecule has 1 amide bonds. The molecule has 3 rings (SSSR count). The third-order valence-corrected chi connectivity index (χ3v) is 3.82. The van der Waals surface area contributed by atoms with Gasteiger partial charge in [-0.1, -0.05) is 25.1 Å². The van der Waals surface area contributed by atoms with E-state index in [1.54, 1.807) is 12.1 Å². The lowest BCUT2D eigenvalue weighted by molar-refractivity contribution is -0.118. The number of amides is 1. The molecule has 0 saturated carbocycles. The zero-order chi connectivity index (χ0) is 16.9. The van der Waals surface area contributed by atoms with Gasteiger partial charge in [0.05, 0.1) is 0 Å². The van der Waals surface area contributed by atoms with Crippen LogP contribution in [0.2, 0.25) is 0 Å². The Bertz CT molecular complexity index is 724. The lowest BCUT2D eigenvalue weighted by atomic mass is 10.1. The molecule has 1 saturated heterocycles. The summed E-state index contributed by atoms with van der Waals surface area (Å²) in [5, 5.41) is 5.97. The summed E-state index contributed by atoms with van der Waals surface area (Å²) in [5.74, 6) is -0.536. The van der Waals surface area contributed by atoms with Gasteiger partial charge >= 0.3 is 0 Å². The van der Waals surface area contributed by atoms with Crippen LogP contribution >= 0.6 is 0 Å². The molecule has 7 heteroatoms. The molecule has 24 heavy (non-hydrogen) atoms. The van der Waals surface area contributed by atoms with E-state index in [4.69, 9.17) is 0 Å². The standard InChI is InChI=1S/C17H20FN5O/c1-2-11-5-3-7-13(9-11)20-17(24)15-16(22-23-21-15)19-14-8-4-6-12(18)10-14/h3-10,15-16,19,21-23H,2H2,1H3,(H,20,24). The smallest absolute Gasteiger partial charge is 0.246 e. The minimum absolute atomic E-state index is 0.199. The Morgan fingerprint density at radius 2 is 1.92 bits per heavy atom. The van der Waals surface area contributed by atoms with Gasteiger partial charge in [0.2, 0.25) is 5.91 Å². The number of halogens is 1. The van der Waals surface area contributed by atoms with Gasteiger partial charge in [0.15, 0.2) is 0 Å². The van der Waals surface area contributed by atoms with Crippen molar-refractivity contribution in [1.82, 2.24) is 16.4 Å².